The van der Waals surface area contributed by atoms with E-state index in [-0.39, 0.29) is 31.3 Å². The Labute approximate surface area is 320 Å². The Morgan fingerprint density at radius 2 is 1.32 bits per heavy atom. The van der Waals surface area contributed by atoms with Gasteiger partial charge in [-0.3, -0.25) is 24.0 Å². The van der Waals surface area contributed by atoms with Gasteiger partial charge in [-0.1, -0.05) is 31.0 Å². The van der Waals surface area contributed by atoms with Crippen molar-refractivity contribution in [2.45, 2.75) is 124 Å². The molecule has 0 aromatic heterocycles. The van der Waals surface area contributed by atoms with Crippen LogP contribution in [0.1, 0.15) is 98.5 Å². The summed E-state index contributed by atoms with van der Waals surface area (Å²) in [5.74, 6) is -12.0. The van der Waals surface area contributed by atoms with E-state index in [1.165, 1.54) is 26.0 Å². The first kappa shape index (κ1) is 46.5. The Morgan fingerprint density at radius 3 is 1.79 bits per heavy atom. The highest BCUT2D eigenvalue weighted by molar-refractivity contribution is 5.85. The van der Waals surface area contributed by atoms with Crippen LogP contribution in [0.5, 0.6) is 5.75 Å². The van der Waals surface area contributed by atoms with E-state index in [1.807, 2.05) is 0 Å². The highest BCUT2D eigenvalue weighted by Crippen LogP contribution is 2.52. The molecule has 0 heterocycles. The van der Waals surface area contributed by atoms with E-state index >= 15 is 0 Å². The van der Waals surface area contributed by atoms with E-state index in [9.17, 15) is 60.5 Å². The van der Waals surface area contributed by atoms with Crippen LogP contribution >= 0.6 is 0 Å². The average Bonchev–Trinajstić information content (AvgIpc) is 3.67. The molecule has 0 spiro atoms. The summed E-state index contributed by atoms with van der Waals surface area (Å²) in [6.45, 7) is 7.96. The summed E-state index contributed by atoms with van der Waals surface area (Å²) in [5.41, 5.74) is -2.24. The summed E-state index contributed by atoms with van der Waals surface area (Å²) < 4.78 is 100. The largest absolute Gasteiger partial charge is 0.481 e. The zero-order valence-electron chi connectivity index (χ0n) is 32.4. The van der Waals surface area contributed by atoms with Crippen molar-refractivity contribution in [2.24, 2.45) is 39.2 Å². The number of halogens is 6. The number of alkyl halides is 6. The van der Waals surface area contributed by atoms with Gasteiger partial charge in [0.1, 0.15) is 24.5 Å². The van der Waals surface area contributed by atoms with Gasteiger partial charge in [0.25, 0.3) is 0 Å². The summed E-state index contributed by atoms with van der Waals surface area (Å²) >= 11 is 0. The van der Waals surface area contributed by atoms with Crippen molar-refractivity contribution >= 4 is 29.8 Å². The normalized spacial score (nSPS) is 23.3. The van der Waals surface area contributed by atoms with Crippen molar-refractivity contribution in [1.82, 2.24) is 0 Å². The molecule has 2 bridgehead atoms. The number of nitrogens with two attached hydrogens (primary N) is 1. The van der Waals surface area contributed by atoms with Gasteiger partial charge in [0.2, 0.25) is 0 Å². The molecule has 316 valence electrons. The fourth-order valence-corrected chi connectivity index (χ4v) is 8.12. The first-order valence-electron chi connectivity index (χ1n) is 18.1. The van der Waals surface area contributed by atoms with Gasteiger partial charge in [0, 0.05) is 0 Å². The quantitative estimate of drug-likeness (QED) is 0.0384. The first-order valence-corrected chi connectivity index (χ1v) is 18.1. The van der Waals surface area contributed by atoms with Gasteiger partial charge in [-0.15, -0.1) is 0 Å². The molecule has 2 saturated carbocycles. The number of carboxylic acid groups (broad SMARTS) is 1. The van der Waals surface area contributed by atoms with E-state index in [0.717, 1.165) is 45.6 Å². The van der Waals surface area contributed by atoms with Crippen molar-refractivity contribution in [3.05, 3.63) is 29.8 Å². The van der Waals surface area contributed by atoms with E-state index in [4.69, 9.17) is 19.9 Å². The molecule has 6 atom stereocenters. The number of aryl methyl sites for hydroxylation is 1. The molecular formula is C38H51F6NO11. The summed E-state index contributed by atoms with van der Waals surface area (Å²) in [7, 11) is 0. The van der Waals surface area contributed by atoms with Gasteiger partial charge in [0.15, 0.2) is 0 Å². The van der Waals surface area contributed by atoms with Crippen LogP contribution in [0.2, 0.25) is 0 Å². The summed E-state index contributed by atoms with van der Waals surface area (Å²) in [6.07, 6.45) is -12.2. The lowest BCUT2D eigenvalue weighted by atomic mass is 9.61. The Balaban J connectivity index is 1.89. The number of ether oxygens (including phenoxy) is 4. The number of carbonyl (C=O) groups is 5. The second kappa shape index (κ2) is 16.1. The number of esters is 4. The molecule has 2 aliphatic carbocycles. The third kappa shape index (κ3) is 9.77. The molecule has 6 unspecified atom stereocenters. The number of rotatable bonds is 17. The van der Waals surface area contributed by atoms with Gasteiger partial charge in [-0.2, -0.15) is 26.3 Å². The zero-order chi connectivity index (χ0) is 42.9. The fourth-order valence-electron chi connectivity index (χ4n) is 8.12. The van der Waals surface area contributed by atoms with Crippen LogP contribution in [0.25, 0.3) is 0 Å². The maximum Gasteiger partial charge on any atom is 0.465 e. The lowest BCUT2D eigenvalue weighted by molar-refractivity contribution is -0.446. The van der Waals surface area contributed by atoms with Crippen LogP contribution in [0.15, 0.2) is 24.3 Å². The predicted octanol–water partition coefficient (Wildman–Crippen LogP) is 6.57. The first-order chi connectivity index (χ1) is 25.4. The number of benzene rings is 1. The second-order valence-electron chi connectivity index (χ2n) is 16.9. The fraction of sp³-hybridized carbons (Fsp3) is 0.711. The molecule has 56 heavy (non-hydrogen) atoms. The maximum absolute atomic E-state index is 14.1. The van der Waals surface area contributed by atoms with Crippen molar-refractivity contribution in [1.29, 1.82) is 0 Å². The van der Waals surface area contributed by atoms with Crippen LogP contribution in [0.3, 0.4) is 0 Å². The summed E-state index contributed by atoms with van der Waals surface area (Å²) in [4.78, 5) is 66.4. The Kier molecular flexibility index (Phi) is 13.4. The van der Waals surface area contributed by atoms with Crippen LogP contribution in [-0.4, -0.2) is 77.0 Å². The molecule has 0 aliphatic heterocycles. The molecule has 1 aromatic rings. The number of aliphatic carboxylic acids is 1. The molecule has 0 radical (unpaired) electrons. The number of aliphatic hydroxyl groups is 1. The van der Waals surface area contributed by atoms with Gasteiger partial charge in [-0.25, -0.2) is 0 Å². The van der Waals surface area contributed by atoms with Crippen LogP contribution in [0.4, 0.5) is 26.3 Å². The van der Waals surface area contributed by atoms with Crippen LogP contribution in [-0.2, 0) is 38.2 Å². The van der Waals surface area contributed by atoms with Crippen molar-refractivity contribution in [2.75, 3.05) is 13.2 Å². The van der Waals surface area contributed by atoms with Gasteiger partial charge < -0.3 is 34.9 Å². The van der Waals surface area contributed by atoms with Crippen molar-refractivity contribution < 1.29 is 79.5 Å². The number of carboxylic acids is 1. The average molecular weight is 812 g/mol. The zero-order valence-corrected chi connectivity index (χ0v) is 32.4. The minimum absolute atomic E-state index is 0.000931. The molecule has 1 aromatic carbocycles. The Morgan fingerprint density at radius 1 is 0.786 bits per heavy atom. The number of carbonyl (C=O) groups excluding carboxylic acids is 4. The van der Waals surface area contributed by atoms with E-state index in [0.29, 0.717) is 12.3 Å². The Bertz CT molecular complexity index is 1630. The lowest BCUT2D eigenvalue weighted by Gasteiger charge is -2.42. The molecule has 2 aliphatic rings. The molecule has 0 saturated heterocycles. The highest BCUT2D eigenvalue weighted by Gasteiger charge is 2.75. The van der Waals surface area contributed by atoms with Crippen molar-refractivity contribution in [3.8, 4) is 5.75 Å². The third-order valence-corrected chi connectivity index (χ3v) is 11.3. The molecule has 4 N–H and O–H groups in total. The smallest absolute Gasteiger partial charge is 0.465 e. The maximum atomic E-state index is 14.1. The summed E-state index contributed by atoms with van der Waals surface area (Å²) in [5, 5.41) is 20.0. The number of hydrogen-bond donors (Lipinski definition) is 3. The van der Waals surface area contributed by atoms with E-state index in [1.54, 1.807) is 26.0 Å². The molecule has 3 rings (SSSR count). The van der Waals surface area contributed by atoms with Crippen LogP contribution in [0, 0.1) is 40.4 Å². The third-order valence-electron chi connectivity index (χ3n) is 11.3. The predicted molar refractivity (Wildman–Crippen MR) is 184 cm³/mol. The summed E-state index contributed by atoms with van der Waals surface area (Å²) in [6, 6.07) is 6.12. The molecule has 2 fully saturated rings. The standard InChI is InChI=1S/C38H51F6NO11/c1-8-32(5,28(49)53-15-16-54-30(51)35(45)18-23-11-12-24(35)17-23)20-34(7,29(50)55-25-13-9-22(2)10-14-25)21-33(6,26(46)47)19-31(3,4)27(48)56-36(52,37(39,40)41)38(42,43)44/h9-10,13-14,23-24,52H,8,11-12,15-21,45H2,1-7H3,(H,46,47). The Hall–Kier alpha value is -3.93. The molecule has 18 heteroatoms. The van der Waals surface area contributed by atoms with E-state index in [2.05, 4.69) is 4.74 Å². The van der Waals surface area contributed by atoms with E-state index < -0.39 is 94.4 Å². The second-order valence-corrected chi connectivity index (χ2v) is 16.9. The van der Waals surface area contributed by atoms with Crippen molar-refractivity contribution in [3.63, 3.8) is 0 Å². The van der Waals surface area contributed by atoms with Gasteiger partial charge >= 0.3 is 48.0 Å². The monoisotopic (exact) mass is 811 g/mol. The van der Waals surface area contributed by atoms with Gasteiger partial charge in [-0.05, 0) is 110 Å². The number of hydrogen-bond acceptors (Lipinski definition) is 11. The minimum Gasteiger partial charge on any atom is -0.481 e. The molecule has 0 amide bonds. The highest BCUT2D eigenvalue weighted by atomic mass is 19.4. The molecular weight excluding hydrogens is 760 g/mol. The SMILES string of the molecule is CCC(C)(CC(C)(CC(C)(CC(C)(C)C(=O)OC(O)(C(F)(F)F)C(F)(F)F)C(=O)O)C(=O)Oc1ccc(C)cc1)C(=O)OCCOC(=O)C1(N)CC2CCC1C2. The van der Waals surface area contributed by atoms with Gasteiger partial charge in [0.05, 0.1) is 21.7 Å². The topological polar surface area (TPSA) is 189 Å². The number of fused-ring (bicyclic) bond motifs is 2. The van der Waals surface area contributed by atoms with Crippen LogP contribution < -0.4 is 10.5 Å². The lowest BCUT2D eigenvalue weighted by Crippen LogP contribution is -2.61. The molecule has 12 nitrogen and oxygen atoms in total. The minimum atomic E-state index is -6.52.